The van der Waals surface area contributed by atoms with Crippen molar-refractivity contribution in [2.24, 2.45) is 5.92 Å². The number of piperidine rings is 1. The summed E-state index contributed by atoms with van der Waals surface area (Å²) >= 11 is 0. The van der Waals surface area contributed by atoms with Gasteiger partial charge in [0.1, 0.15) is 0 Å². The standard InChI is InChI=1S/C16H25N3O/c1-19(15-5-3-2-4-6-15)12-11-18-16(20)13-14-7-9-17-10-8-14/h2-6,14,17H,7-13H2,1H3,(H,18,20). The maximum absolute atomic E-state index is 11.9. The number of benzene rings is 1. The molecule has 0 aliphatic carbocycles. The Hall–Kier alpha value is -1.55. The molecule has 1 amide bonds. The van der Waals surface area contributed by atoms with Gasteiger partial charge in [-0.25, -0.2) is 0 Å². The zero-order chi connectivity index (χ0) is 14.2. The minimum atomic E-state index is 0.193. The molecule has 1 saturated heterocycles. The van der Waals surface area contributed by atoms with Crippen molar-refractivity contribution in [3.8, 4) is 0 Å². The molecule has 4 nitrogen and oxygen atoms in total. The monoisotopic (exact) mass is 275 g/mol. The summed E-state index contributed by atoms with van der Waals surface area (Å²) in [4.78, 5) is 14.0. The molecule has 0 radical (unpaired) electrons. The van der Waals surface area contributed by atoms with Gasteiger partial charge in [-0.1, -0.05) is 18.2 Å². The predicted molar refractivity (Wildman–Crippen MR) is 82.9 cm³/mol. The number of anilines is 1. The number of hydrogen-bond donors (Lipinski definition) is 2. The van der Waals surface area contributed by atoms with Gasteiger partial charge < -0.3 is 15.5 Å². The van der Waals surface area contributed by atoms with Crippen molar-refractivity contribution in [2.45, 2.75) is 19.3 Å². The summed E-state index contributed by atoms with van der Waals surface area (Å²) < 4.78 is 0. The Morgan fingerprint density at radius 2 is 2.00 bits per heavy atom. The molecule has 0 aromatic heterocycles. The number of nitrogens with one attached hydrogen (secondary N) is 2. The Kier molecular flexibility index (Phi) is 5.87. The van der Waals surface area contributed by atoms with Crippen LogP contribution in [0.25, 0.3) is 0 Å². The highest BCUT2D eigenvalue weighted by molar-refractivity contribution is 5.76. The first-order valence-electron chi connectivity index (χ1n) is 7.49. The fourth-order valence-corrected chi connectivity index (χ4v) is 2.59. The average Bonchev–Trinajstić information content (AvgIpc) is 2.49. The van der Waals surface area contributed by atoms with Crippen LogP contribution in [0.2, 0.25) is 0 Å². The van der Waals surface area contributed by atoms with Gasteiger partial charge in [0, 0.05) is 32.2 Å². The van der Waals surface area contributed by atoms with E-state index in [-0.39, 0.29) is 5.91 Å². The van der Waals surface area contributed by atoms with Crippen molar-refractivity contribution in [1.29, 1.82) is 0 Å². The van der Waals surface area contributed by atoms with Crippen LogP contribution in [0.5, 0.6) is 0 Å². The lowest BCUT2D eigenvalue weighted by Gasteiger charge is -2.23. The number of rotatable bonds is 6. The lowest BCUT2D eigenvalue weighted by atomic mass is 9.94. The maximum Gasteiger partial charge on any atom is 0.220 e. The highest BCUT2D eigenvalue weighted by Gasteiger charge is 2.16. The largest absolute Gasteiger partial charge is 0.373 e. The summed E-state index contributed by atoms with van der Waals surface area (Å²) in [5.74, 6) is 0.751. The third-order valence-electron chi connectivity index (χ3n) is 3.90. The van der Waals surface area contributed by atoms with Gasteiger partial charge in [-0.05, 0) is 44.0 Å². The average molecular weight is 275 g/mol. The third-order valence-corrected chi connectivity index (χ3v) is 3.90. The van der Waals surface area contributed by atoms with Gasteiger partial charge in [-0.2, -0.15) is 0 Å². The number of likely N-dealkylation sites (N-methyl/N-ethyl adjacent to an activating group) is 1. The summed E-state index contributed by atoms with van der Waals surface area (Å²) in [5.41, 5.74) is 1.18. The van der Waals surface area contributed by atoms with Crippen molar-refractivity contribution in [2.75, 3.05) is 38.1 Å². The Morgan fingerprint density at radius 1 is 1.30 bits per heavy atom. The molecule has 20 heavy (non-hydrogen) atoms. The van der Waals surface area contributed by atoms with Gasteiger partial charge in [-0.15, -0.1) is 0 Å². The molecular formula is C16H25N3O. The van der Waals surface area contributed by atoms with E-state index in [1.165, 1.54) is 5.69 Å². The Morgan fingerprint density at radius 3 is 2.70 bits per heavy atom. The fourth-order valence-electron chi connectivity index (χ4n) is 2.59. The van der Waals surface area contributed by atoms with E-state index in [0.29, 0.717) is 18.9 Å². The van der Waals surface area contributed by atoms with Gasteiger partial charge in [0.05, 0.1) is 0 Å². The van der Waals surface area contributed by atoms with E-state index in [0.717, 1.165) is 32.5 Å². The number of hydrogen-bond acceptors (Lipinski definition) is 3. The van der Waals surface area contributed by atoms with E-state index in [4.69, 9.17) is 0 Å². The van der Waals surface area contributed by atoms with Crippen LogP contribution in [0.4, 0.5) is 5.69 Å². The second-order valence-corrected chi connectivity index (χ2v) is 5.50. The molecule has 0 unspecified atom stereocenters. The van der Waals surface area contributed by atoms with Crippen LogP contribution in [-0.4, -0.2) is 39.1 Å². The number of amides is 1. The molecule has 1 aromatic carbocycles. The lowest BCUT2D eigenvalue weighted by molar-refractivity contribution is -0.122. The summed E-state index contributed by atoms with van der Waals surface area (Å²) in [6, 6.07) is 10.2. The highest BCUT2D eigenvalue weighted by atomic mass is 16.1. The molecular weight excluding hydrogens is 250 g/mol. The van der Waals surface area contributed by atoms with Crippen molar-refractivity contribution in [1.82, 2.24) is 10.6 Å². The first-order valence-corrected chi connectivity index (χ1v) is 7.49. The normalized spacial score (nSPS) is 15.8. The summed E-state index contributed by atoms with van der Waals surface area (Å²) in [6.45, 7) is 3.64. The molecule has 0 bridgehead atoms. The van der Waals surface area contributed by atoms with E-state index in [1.54, 1.807) is 0 Å². The van der Waals surface area contributed by atoms with Crippen LogP contribution >= 0.6 is 0 Å². The predicted octanol–water partition coefficient (Wildman–Crippen LogP) is 1.63. The van der Waals surface area contributed by atoms with Crippen molar-refractivity contribution in [3.05, 3.63) is 30.3 Å². The van der Waals surface area contributed by atoms with E-state index in [9.17, 15) is 4.79 Å². The molecule has 1 aliphatic rings. The Bertz CT molecular complexity index is 401. The Balaban J connectivity index is 1.63. The molecule has 0 saturated carbocycles. The molecule has 0 atom stereocenters. The second-order valence-electron chi connectivity index (χ2n) is 5.50. The number of para-hydroxylation sites is 1. The molecule has 1 fully saturated rings. The quantitative estimate of drug-likeness (QED) is 0.829. The fraction of sp³-hybridized carbons (Fsp3) is 0.562. The topological polar surface area (TPSA) is 44.4 Å². The zero-order valence-electron chi connectivity index (χ0n) is 12.3. The van der Waals surface area contributed by atoms with Crippen LogP contribution < -0.4 is 15.5 Å². The Labute approximate surface area is 121 Å². The maximum atomic E-state index is 11.9. The SMILES string of the molecule is CN(CCNC(=O)CC1CCNCC1)c1ccccc1. The first-order chi connectivity index (χ1) is 9.75. The van der Waals surface area contributed by atoms with E-state index in [1.807, 2.05) is 25.2 Å². The molecule has 2 rings (SSSR count). The molecule has 1 aromatic rings. The number of carbonyl (C=O) groups is 1. The van der Waals surface area contributed by atoms with Crippen LogP contribution in [0.3, 0.4) is 0 Å². The minimum Gasteiger partial charge on any atom is -0.373 e. The van der Waals surface area contributed by atoms with Crippen LogP contribution in [0, 0.1) is 5.92 Å². The second kappa shape index (κ2) is 7.90. The smallest absolute Gasteiger partial charge is 0.220 e. The lowest BCUT2D eigenvalue weighted by Crippen LogP contribution is -2.35. The van der Waals surface area contributed by atoms with E-state index < -0.39 is 0 Å². The van der Waals surface area contributed by atoms with Gasteiger partial charge >= 0.3 is 0 Å². The van der Waals surface area contributed by atoms with Crippen LogP contribution in [-0.2, 0) is 4.79 Å². The summed E-state index contributed by atoms with van der Waals surface area (Å²) in [7, 11) is 2.05. The van der Waals surface area contributed by atoms with Gasteiger partial charge in [-0.3, -0.25) is 4.79 Å². The van der Waals surface area contributed by atoms with Gasteiger partial charge in [0.15, 0.2) is 0 Å². The van der Waals surface area contributed by atoms with Crippen molar-refractivity contribution < 1.29 is 4.79 Å². The van der Waals surface area contributed by atoms with Crippen LogP contribution in [0.1, 0.15) is 19.3 Å². The minimum absolute atomic E-state index is 0.193. The van der Waals surface area contributed by atoms with Gasteiger partial charge in [0.25, 0.3) is 0 Å². The number of nitrogens with zero attached hydrogens (tertiary/aromatic N) is 1. The molecule has 1 heterocycles. The van der Waals surface area contributed by atoms with Gasteiger partial charge in [0.2, 0.25) is 5.91 Å². The molecule has 0 spiro atoms. The van der Waals surface area contributed by atoms with E-state index >= 15 is 0 Å². The molecule has 4 heteroatoms. The molecule has 1 aliphatic heterocycles. The first kappa shape index (κ1) is 14.9. The number of carbonyl (C=O) groups excluding carboxylic acids is 1. The zero-order valence-corrected chi connectivity index (χ0v) is 12.3. The summed E-state index contributed by atoms with van der Waals surface area (Å²) in [5, 5.41) is 6.36. The molecule has 110 valence electrons. The van der Waals surface area contributed by atoms with Crippen LogP contribution in [0.15, 0.2) is 30.3 Å². The molecule has 2 N–H and O–H groups in total. The highest BCUT2D eigenvalue weighted by Crippen LogP contribution is 2.15. The third kappa shape index (κ3) is 4.85. The van der Waals surface area contributed by atoms with E-state index in [2.05, 4.69) is 27.7 Å². The van der Waals surface area contributed by atoms with Crippen molar-refractivity contribution in [3.63, 3.8) is 0 Å². The van der Waals surface area contributed by atoms with Crippen molar-refractivity contribution >= 4 is 11.6 Å². The summed E-state index contributed by atoms with van der Waals surface area (Å²) in [6.07, 6.45) is 2.92.